The molecule has 1 unspecified atom stereocenters. The summed E-state index contributed by atoms with van der Waals surface area (Å²) in [6, 6.07) is 5.76. The van der Waals surface area contributed by atoms with Crippen molar-refractivity contribution in [1.82, 2.24) is 14.5 Å². The second-order valence-electron chi connectivity index (χ2n) is 8.75. The SMILES string of the molecule is Cc1nc(NC(C)c2cccc3c2CCC3(F)F)c2cn(C3(C(F)F)CC3)c(=O)cc2n1. The van der Waals surface area contributed by atoms with Crippen LogP contribution in [-0.4, -0.2) is 21.0 Å². The number of nitrogens with one attached hydrogen (secondary N) is 1. The van der Waals surface area contributed by atoms with Gasteiger partial charge in [0, 0.05) is 24.2 Å². The number of halogens is 4. The third-order valence-corrected chi connectivity index (χ3v) is 6.61. The number of pyridine rings is 1. The third-order valence-electron chi connectivity index (χ3n) is 6.61. The highest BCUT2D eigenvalue weighted by Gasteiger charge is 2.53. The number of aryl methyl sites for hydroxylation is 1. The van der Waals surface area contributed by atoms with Crippen LogP contribution in [0.1, 0.15) is 54.7 Å². The van der Waals surface area contributed by atoms with Crippen molar-refractivity contribution in [2.75, 3.05) is 5.32 Å². The Hall–Kier alpha value is -2.97. The highest BCUT2D eigenvalue weighted by Crippen LogP contribution is 2.48. The van der Waals surface area contributed by atoms with Gasteiger partial charge in [0.2, 0.25) is 0 Å². The van der Waals surface area contributed by atoms with Crippen molar-refractivity contribution in [3.8, 4) is 0 Å². The summed E-state index contributed by atoms with van der Waals surface area (Å²) in [6.07, 6.45) is -0.741. The topological polar surface area (TPSA) is 59.8 Å². The van der Waals surface area contributed by atoms with Crippen LogP contribution < -0.4 is 10.9 Å². The van der Waals surface area contributed by atoms with Crippen LogP contribution in [0.15, 0.2) is 35.3 Å². The van der Waals surface area contributed by atoms with Gasteiger partial charge in [-0.2, -0.15) is 0 Å². The maximum atomic E-state index is 14.2. The molecule has 5 rings (SSSR count). The number of anilines is 1. The minimum absolute atomic E-state index is 0.0498. The second-order valence-corrected chi connectivity index (χ2v) is 8.75. The van der Waals surface area contributed by atoms with Gasteiger partial charge in [-0.25, -0.2) is 27.5 Å². The molecule has 0 amide bonds. The van der Waals surface area contributed by atoms with Crippen molar-refractivity contribution in [2.45, 2.75) is 63.5 Å². The normalized spacial score (nSPS) is 19.2. The highest BCUT2D eigenvalue weighted by molar-refractivity contribution is 5.88. The van der Waals surface area contributed by atoms with Crippen molar-refractivity contribution < 1.29 is 17.6 Å². The largest absolute Gasteiger partial charge is 0.363 e. The molecule has 2 aliphatic carbocycles. The van der Waals surface area contributed by atoms with E-state index in [2.05, 4.69) is 15.3 Å². The fourth-order valence-corrected chi connectivity index (χ4v) is 4.70. The summed E-state index contributed by atoms with van der Waals surface area (Å²) in [4.78, 5) is 21.3. The Morgan fingerprint density at radius 3 is 2.59 bits per heavy atom. The standard InChI is InChI=1S/C23H22F4N4O/c1-12(14-4-3-5-17-15(14)6-7-23(17,26)27)28-20-16-11-31(22(8-9-22)21(24)25)19(32)10-18(16)29-13(2)30-20/h3-5,10-12,21H,6-9H2,1-2H3,(H,28,29,30). The molecule has 1 saturated carbocycles. The van der Waals surface area contributed by atoms with Gasteiger partial charge in [-0.15, -0.1) is 0 Å². The van der Waals surface area contributed by atoms with E-state index in [1.165, 1.54) is 18.3 Å². The number of benzene rings is 1. The Balaban J connectivity index is 1.58. The molecule has 2 heterocycles. The molecule has 32 heavy (non-hydrogen) atoms. The van der Waals surface area contributed by atoms with Crippen LogP contribution in [0.25, 0.3) is 10.9 Å². The molecular weight excluding hydrogens is 424 g/mol. The zero-order valence-electron chi connectivity index (χ0n) is 17.6. The van der Waals surface area contributed by atoms with E-state index in [0.717, 1.165) is 10.1 Å². The summed E-state index contributed by atoms with van der Waals surface area (Å²) in [5.41, 5.74) is -0.249. The lowest BCUT2D eigenvalue weighted by Gasteiger charge is -2.22. The molecule has 9 heteroatoms. The Labute approximate surface area is 181 Å². The predicted octanol–water partition coefficient (Wildman–Crippen LogP) is 5.07. The van der Waals surface area contributed by atoms with Crippen molar-refractivity contribution in [3.63, 3.8) is 0 Å². The van der Waals surface area contributed by atoms with E-state index in [0.29, 0.717) is 28.1 Å². The van der Waals surface area contributed by atoms with Gasteiger partial charge in [0.1, 0.15) is 17.2 Å². The lowest BCUT2D eigenvalue weighted by atomic mass is 9.97. The number of alkyl halides is 4. The van der Waals surface area contributed by atoms with Crippen LogP contribution in [0.4, 0.5) is 23.4 Å². The first-order valence-electron chi connectivity index (χ1n) is 10.6. The van der Waals surface area contributed by atoms with Gasteiger partial charge in [0.05, 0.1) is 16.9 Å². The van der Waals surface area contributed by atoms with Gasteiger partial charge in [0.25, 0.3) is 17.9 Å². The lowest BCUT2D eigenvalue weighted by Crippen LogP contribution is -2.35. The van der Waals surface area contributed by atoms with Crippen molar-refractivity contribution in [3.05, 3.63) is 63.3 Å². The summed E-state index contributed by atoms with van der Waals surface area (Å²) in [5.74, 6) is -2.06. The maximum Gasteiger partial charge on any atom is 0.273 e. The first-order valence-corrected chi connectivity index (χ1v) is 10.6. The predicted molar refractivity (Wildman–Crippen MR) is 112 cm³/mol. The Morgan fingerprint density at radius 1 is 1.16 bits per heavy atom. The average molecular weight is 446 g/mol. The minimum Gasteiger partial charge on any atom is -0.363 e. The maximum absolute atomic E-state index is 14.2. The van der Waals surface area contributed by atoms with Crippen LogP contribution in [0, 0.1) is 6.92 Å². The molecule has 1 atom stereocenters. The number of aromatic nitrogens is 3. The summed E-state index contributed by atoms with van der Waals surface area (Å²) in [7, 11) is 0. The molecule has 0 spiro atoms. The van der Waals surface area contributed by atoms with Crippen LogP contribution in [-0.2, 0) is 17.9 Å². The molecule has 2 aliphatic rings. The molecule has 0 saturated heterocycles. The molecule has 1 aromatic carbocycles. The van der Waals surface area contributed by atoms with Crippen LogP contribution in [0.2, 0.25) is 0 Å². The minimum atomic E-state index is -2.84. The van der Waals surface area contributed by atoms with Crippen LogP contribution in [0.3, 0.4) is 0 Å². The first kappa shape index (κ1) is 20.9. The summed E-state index contributed by atoms with van der Waals surface area (Å²) >= 11 is 0. The van der Waals surface area contributed by atoms with Gasteiger partial charge in [-0.05, 0) is 44.2 Å². The molecule has 0 radical (unpaired) electrons. The number of fused-ring (bicyclic) bond motifs is 2. The Kier molecular flexibility index (Phi) is 4.58. The average Bonchev–Trinajstić information content (AvgIpc) is 3.47. The van der Waals surface area contributed by atoms with E-state index < -0.39 is 23.4 Å². The van der Waals surface area contributed by atoms with E-state index in [1.807, 2.05) is 6.92 Å². The third kappa shape index (κ3) is 3.17. The molecule has 2 aromatic heterocycles. The van der Waals surface area contributed by atoms with Gasteiger partial charge in [-0.3, -0.25) is 4.79 Å². The molecule has 1 N–H and O–H groups in total. The fraction of sp³-hybridized carbons (Fsp3) is 0.435. The number of rotatable bonds is 5. The van der Waals surface area contributed by atoms with Crippen molar-refractivity contribution in [2.24, 2.45) is 0 Å². The van der Waals surface area contributed by atoms with Gasteiger partial charge >= 0.3 is 0 Å². The van der Waals surface area contributed by atoms with Crippen LogP contribution in [0.5, 0.6) is 0 Å². The monoisotopic (exact) mass is 446 g/mol. The number of hydrogen-bond donors (Lipinski definition) is 1. The second kappa shape index (κ2) is 7.02. The molecule has 168 valence electrons. The Bertz CT molecular complexity index is 1280. The van der Waals surface area contributed by atoms with E-state index in [4.69, 9.17) is 0 Å². The molecule has 0 aliphatic heterocycles. The van der Waals surface area contributed by atoms with Crippen LogP contribution >= 0.6 is 0 Å². The molecule has 5 nitrogen and oxygen atoms in total. The zero-order chi connectivity index (χ0) is 22.8. The summed E-state index contributed by atoms with van der Waals surface area (Å²) in [5, 5.41) is 3.68. The van der Waals surface area contributed by atoms with E-state index in [-0.39, 0.29) is 37.3 Å². The van der Waals surface area contributed by atoms with E-state index in [9.17, 15) is 22.4 Å². The number of nitrogens with zero attached hydrogens (tertiary/aromatic N) is 3. The van der Waals surface area contributed by atoms with Crippen molar-refractivity contribution in [1.29, 1.82) is 0 Å². The highest BCUT2D eigenvalue weighted by atomic mass is 19.3. The summed E-state index contributed by atoms with van der Waals surface area (Å²) < 4.78 is 56.8. The fourth-order valence-electron chi connectivity index (χ4n) is 4.70. The molecular formula is C23H22F4N4O. The van der Waals surface area contributed by atoms with E-state index in [1.54, 1.807) is 19.1 Å². The van der Waals surface area contributed by atoms with Crippen molar-refractivity contribution >= 4 is 16.7 Å². The zero-order valence-corrected chi connectivity index (χ0v) is 17.6. The molecule has 3 aromatic rings. The summed E-state index contributed by atoms with van der Waals surface area (Å²) in [6.45, 7) is 3.51. The smallest absolute Gasteiger partial charge is 0.273 e. The van der Waals surface area contributed by atoms with Gasteiger partial charge < -0.3 is 9.88 Å². The molecule has 0 bridgehead atoms. The van der Waals surface area contributed by atoms with Gasteiger partial charge in [-0.1, -0.05) is 18.2 Å². The first-order chi connectivity index (χ1) is 15.1. The van der Waals surface area contributed by atoms with Gasteiger partial charge in [0.15, 0.2) is 0 Å². The Morgan fingerprint density at radius 2 is 1.91 bits per heavy atom. The number of hydrogen-bond acceptors (Lipinski definition) is 4. The van der Waals surface area contributed by atoms with E-state index >= 15 is 0 Å². The lowest BCUT2D eigenvalue weighted by molar-refractivity contribution is -0.00184. The quantitative estimate of drug-likeness (QED) is 0.557. The molecule has 1 fully saturated rings.